The molecule has 0 spiro atoms. The van der Waals surface area contributed by atoms with Crippen LogP contribution in [0, 0.1) is 17.0 Å². The zero-order chi connectivity index (χ0) is 22.4. The van der Waals surface area contributed by atoms with E-state index in [0.717, 1.165) is 27.2 Å². The van der Waals surface area contributed by atoms with Crippen molar-refractivity contribution in [3.63, 3.8) is 0 Å². The highest BCUT2D eigenvalue weighted by Crippen LogP contribution is 2.40. The minimum atomic E-state index is -0.413. The molecule has 0 amide bonds. The monoisotopic (exact) mass is 448 g/mol. The maximum Gasteiger partial charge on any atom is 0.274 e. The van der Waals surface area contributed by atoms with E-state index in [2.05, 4.69) is 27.9 Å². The summed E-state index contributed by atoms with van der Waals surface area (Å²) in [6, 6.07) is 13.0. The molecule has 0 saturated heterocycles. The van der Waals surface area contributed by atoms with Crippen molar-refractivity contribution in [3.05, 3.63) is 74.8 Å². The zero-order valence-corrected chi connectivity index (χ0v) is 18.4. The second-order valence-electron chi connectivity index (χ2n) is 7.47. The molecule has 32 heavy (non-hydrogen) atoms. The predicted molar refractivity (Wildman–Crippen MR) is 125 cm³/mol. The first kappa shape index (κ1) is 20.2. The molecular formula is C22H20N6O3S. The van der Waals surface area contributed by atoms with Gasteiger partial charge in [-0.2, -0.15) is 0 Å². The van der Waals surface area contributed by atoms with Gasteiger partial charge in [0.2, 0.25) is 5.95 Å². The topological polar surface area (TPSA) is 105 Å². The summed E-state index contributed by atoms with van der Waals surface area (Å²) < 4.78 is 6.42. The predicted octanol–water partition coefficient (Wildman–Crippen LogP) is 4.70. The minimum absolute atomic E-state index is 0.00172. The highest BCUT2D eigenvalue weighted by Gasteiger charge is 2.30. The molecule has 9 nitrogen and oxygen atoms in total. The zero-order valence-electron chi connectivity index (χ0n) is 17.6. The number of hydrazine groups is 1. The number of aromatic nitrogens is 2. The number of hydrogen-bond donors (Lipinski definition) is 2. The number of anilines is 3. The highest BCUT2D eigenvalue weighted by atomic mass is 32.1. The van der Waals surface area contributed by atoms with E-state index in [1.54, 1.807) is 24.3 Å². The SMILES string of the molecule is COc1cc(C)c([N+](=O)[O-])cc1Nc1nc(C2NN(C)c3ccccc32)c2sccc2n1. The lowest BCUT2D eigenvalue weighted by molar-refractivity contribution is -0.385. The highest BCUT2D eigenvalue weighted by molar-refractivity contribution is 7.17. The molecule has 1 aliphatic rings. The van der Waals surface area contributed by atoms with Crippen LogP contribution in [0.1, 0.15) is 22.9 Å². The summed E-state index contributed by atoms with van der Waals surface area (Å²) in [5.74, 6) is 0.823. The Morgan fingerprint density at radius 3 is 2.84 bits per heavy atom. The lowest BCUT2D eigenvalue weighted by atomic mass is 10.0. The molecule has 162 valence electrons. The lowest BCUT2D eigenvalue weighted by Gasteiger charge is -2.17. The summed E-state index contributed by atoms with van der Waals surface area (Å²) in [5, 5.41) is 18.5. The summed E-state index contributed by atoms with van der Waals surface area (Å²) >= 11 is 1.58. The van der Waals surface area contributed by atoms with Gasteiger partial charge in [0.25, 0.3) is 5.69 Å². The Labute approximate surface area is 187 Å². The van der Waals surface area contributed by atoms with E-state index < -0.39 is 4.92 Å². The summed E-state index contributed by atoms with van der Waals surface area (Å²) in [6.07, 6.45) is 0. The molecule has 1 atom stereocenters. The molecule has 0 saturated carbocycles. The number of para-hydroxylation sites is 1. The molecule has 0 radical (unpaired) electrons. The fraction of sp³-hybridized carbons (Fsp3) is 0.182. The van der Waals surface area contributed by atoms with Crippen molar-refractivity contribution in [2.75, 3.05) is 24.5 Å². The molecule has 1 unspecified atom stereocenters. The third-order valence-electron chi connectivity index (χ3n) is 5.50. The van der Waals surface area contributed by atoms with Crippen LogP contribution in [0.5, 0.6) is 5.75 Å². The average Bonchev–Trinajstić information content (AvgIpc) is 3.38. The molecule has 0 aliphatic carbocycles. The number of nitro benzene ring substituents is 1. The normalized spacial score (nSPS) is 15.1. The van der Waals surface area contributed by atoms with Gasteiger partial charge in [-0.05, 0) is 30.5 Å². The quantitative estimate of drug-likeness (QED) is 0.334. The Morgan fingerprint density at radius 1 is 1.25 bits per heavy atom. The second-order valence-corrected chi connectivity index (χ2v) is 8.38. The largest absolute Gasteiger partial charge is 0.495 e. The van der Waals surface area contributed by atoms with E-state index >= 15 is 0 Å². The molecular weight excluding hydrogens is 428 g/mol. The van der Waals surface area contributed by atoms with Crippen molar-refractivity contribution in [1.29, 1.82) is 0 Å². The van der Waals surface area contributed by atoms with E-state index in [4.69, 9.17) is 9.72 Å². The molecule has 5 rings (SSSR count). The first-order valence-electron chi connectivity index (χ1n) is 9.90. The number of ether oxygens (including phenoxy) is 1. The fourth-order valence-electron chi connectivity index (χ4n) is 3.97. The van der Waals surface area contributed by atoms with Crippen molar-refractivity contribution >= 4 is 44.6 Å². The number of hydrogen-bond acceptors (Lipinski definition) is 9. The number of nitro groups is 1. The number of methoxy groups -OCH3 is 1. The van der Waals surface area contributed by atoms with Crippen LogP contribution >= 0.6 is 11.3 Å². The molecule has 0 fully saturated rings. The van der Waals surface area contributed by atoms with Crippen LogP contribution in [0.2, 0.25) is 0 Å². The smallest absolute Gasteiger partial charge is 0.274 e. The van der Waals surface area contributed by atoms with Crippen LogP contribution < -0.4 is 20.5 Å². The molecule has 2 aromatic heterocycles. The van der Waals surface area contributed by atoms with Crippen LogP contribution in [0.25, 0.3) is 10.2 Å². The maximum absolute atomic E-state index is 11.4. The second kappa shape index (κ2) is 7.74. The summed E-state index contributed by atoms with van der Waals surface area (Å²) in [7, 11) is 3.50. The molecule has 4 aromatic rings. The maximum atomic E-state index is 11.4. The lowest BCUT2D eigenvalue weighted by Crippen LogP contribution is -2.31. The average molecular weight is 449 g/mol. The number of rotatable bonds is 5. The third-order valence-corrected chi connectivity index (χ3v) is 6.42. The fourth-order valence-corrected chi connectivity index (χ4v) is 4.82. The Bertz CT molecular complexity index is 1360. The van der Waals surface area contributed by atoms with Gasteiger partial charge in [-0.1, -0.05) is 18.2 Å². The number of nitrogens with one attached hydrogen (secondary N) is 2. The van der Waals surface area contributed by atoms with Gasteiger partial charge < -0.3 is 15.1 Å². The third kappa shape index (κ3) is 3.29. The molecule has 3 heterocycles. The van der Waals surface area contributed by atoms with Crippen LogP contribution in [0.3, 0.4) is 0 Å². The van der Waals surface area contributed by atoms with Gasteiger partial charge in [0.15, 0.2) is 0 Å². The van der Waals surface area contributed by atoms with Gasteiger partial charge in [0, 0.05) is 24.2 Å². The summed E-state index contributed by atoms with van der Waals surface area (Å²) in [5.41, 5.74) is 8.27. The van der Waals surface area contributed by atoms with E-state index in [1.807, 2.05) is 35.6 Å². The summed E-state index contributed by atoms with van der Waals surface area (Å²) in [4.78, 5) is 20.5. The van der Waals surface area contributed by atoms with Crippen molar-refractivity contribution in [2.24, 2.45) is 0 Å². The van der Waals surface area contributed by atoms with E-state index in [-0.39, 0.29) is 11.7 Å². The van der Waals surface area contributed by atoms with Gasteiger partial charge in [0.05, 0.1) is 45.4 Å². The van der Waals surface area contributed by atoms with Gasteiger partial charge in [-0.3, -0.25) is 10.1 Å². The first-order valence-corrected chi connectivity index (χ1v) is 10.8. The molecule has 2 N–H and O–H groups in total. The molecule has 10 heteroatoms. The van der Waals surface area contributed by atoms with E-state index in [1.165, 1.54) is 13.2 Å². The van der Waals surface area contributed by atoms with Crippen LogP contribution in [0.4, 0.5) is 23.0 Å². The van der Waals surface area contributed by atoms with Crippen molar-refractivity contribution in [1.82, 2.24) is 15.4 Å². The molecule has 1 aliphatic heterocycles. The van der Waals surface area contributed by atoms with E-state index in [0.29, 0.717) is 22.9 Å². The van der Waals surface area contributed by atoms with Crippen molar-refractivity contribution in [3.8, 4) is 5.75 Å². The van der Waals surface area contributed by atoms with Crippen molar-refractivity contribution < 1.29 is 9.66 Å². The van der Waals surface area contributed by atoms with Gasteiger partial charge >= 0.3 is 0 Å². The number of benzene rings is 2. The Balaban J connectivity index is 1.61. The van der Waals surface area contributed by atoms with Gasteiger partial charge in [-0.15, -0.1) is 11.3 Å². The Morgan fingerprint density at radius 2 is 2.06 bits per heavy atom. The molecule has 2 aromatic carbocycles. The van der Waals surface area contributed by atoms with Crippen LogP contribution in [0.15, 0.2) is 47.8 Å². The van der Waals surface area contributed by atoms with Crippen LogP contribution in [-0.4, -0.2) is 29.0 Å². The van der Waals surface area contributed by atoms with Gasteiger partial charge in [0.1, 0.15) is 5.75 Å². The number of nitrogens with zero attached hydrogens (tertiary/aromatic N) is 4. The van der Waals surface area contributed by atoms with Crippen molar-refractivity contribution in [2.45, 2.75) is 13.0 Å². The standard InChI is InChI=1S/C22H20N6O3S/c1-12-10-18(31-3)15(11-17(12)28(29)30)24-22-23-14-8-9-32-21(14)20(25-22)19-13-6-4-5-7-16(13)27(2)26-19/h4-11,19,26H,1-3H3,(H,23,24,25). The van der Waals surface area contributed by atoms with E-state index in [9.17, 15) is 10.1 Å². The first-order chi connectivity index (χ1) is 15.5. The Hall–Kier alpha value is -3.76. The summed E-state index contributed by atoms with van der Waals surface area (Å²) in [6.45, 7) is 1.68. The minimum Gasteiger partial charge on any atom is -0.495 e. The number of thiophene rings is 1. The Kier molecular flexibility index (Phi) is 4.87. The van der Waals surface area contributed by atoms with Crippen LogP contribution in [-0.2, 0) is 0 Å². The number of aryl methyl sites for hydroxylation is 1. The molecule has 0 bridgehead atoms. The number of fused-ring (bicyclic) bond motifs is 2. The van der Waals surface area contributed by atoms with Gasteiger partial charge in [-0.25, -0.2) is 15.4 Å².